The number of benzene rings is 1. The highest BCUT2D eigenvalue weighted by atomic mass is 35.5. The molecule has 21 heavy (non-hydrogen) atoms. The van der Waals surface area contributed by atoms with E-state index in [9.17, 15) is 4.79 Å². The lowest BCUT2D eigenvalue weighted by Crippen LogP contribution is -2.42. The third-order valence-electron chi connectivity index (χ3n) is 3.40. The monoisotopic (exact) mass is 313 g/mol. The topological polar surface area (TPSA) is 59.0 Å². The van der Waals surface area contributed by atoms with E-state index in [1.54, 1.807) is 0 Å². The predicted molar refractivity (Wildman–Crippen MR) is 80.0 cm³/mol. The minimum absolute atomic E-state index is 0.107. The summed E-state index contributed by atoms with van der Waals surface area (Å²) in [5.74, 6) is 0.422. The maximum atomic E-state index is 10.8. The van der Waals surface area contributed by atoms with Gasteiger partial charge < -0.3 is 14.6 Å². The smallest absolute Gasteiger partial charge is 0.304 e. The Morgan fingerprint density at radius 3 is 2.71 bits per heavy atom. The van der Waals surface area contributed by atoms with E-state index in [0.717, 1.165) is 5.56 Å². The molecule has 0 unspecified atom stereocenters. The van der Waals surface area contributed by atoms with Gasteiger partial charge in [0, 0.05) is 18.6 Å². The van der Waals surface area contributed by atoms with Gasteiger partial charge >= 0.3 is 5.97 Å². The minimum atomic E-state index is -0.798. The van der Waals surface area contributed by atoms with Crippen LogP contribution in [0, 0.1) is 0 Å². The molecule has 1 aliphatic heterocycles. The van der Waals surface area contributed by atoms with Crippen molar-refractivity contribution < 1.29 is 19.4 Å². The summed E-state index contributed by atoms with van der Waals surface area (Å²) >= 11 is 6.18. The number of aliphatic carboxylic acids is 1. The summed E-state index contributed by atoms with van der Waals surface area (Å²) in [7, 11) is 0. The van der Waals surface area contributed by atoms with Crippen LogP contribution in [0.5, 0.6) is 11.5 Å². The number of carbonyl (C=O) groups is 1. The van der Waals surface area contributed by atoms with Crippen molar-refractivity contribution in [2.75, 3.05) is 13.3 Å². The van der Waals surface area contributed by atoms with Gasteiger partial charge in [-0.1, -0.05) is 11.6 Å². The molecule has 0 radical (unpaired) electrons. The predicted octanol–water partition coefficient (Wildman–Crippen LogP) is 3.14. The Hall–Kier alpha value is -1.46. The third-order valence-corrected chi connectivity index (χ3v) is 3.69. The first-order chi connectivity index (χ1) is 9.77. The van der Waals surface area contributed by atoms with Gasteiger partial charge in [-0.2, -0.15) is 0 Å². The normalized spacial score (nSPS) is 13.8. The van der Waals surface area contributed by atoms with E-state index in [2.05, 4.69) is 25.7 Å². The molecule has 0 saturated heterocycles. The Morgan fingerprint density at radius 2 is 2.10 bits per heavy atom. The summed E-state index contributed by atoms with van der Waals surface area (Å²) in [5, 5.41) is 9.40. The first-order valence-electron chi connectivity index (χ1n) is 6.82. The molecule has 0 amide bonds. The number of nitrogens with zero attached hydrogens (tertiary/aromatic N) is 1. The van der Waals surface area contributed by atoms with Crippen LogP contribution in [0.4, 0.5) is 0 Å². The molecule has 1 N–H and O–H groups in total. The van der Waals surface area contributed by atoms with E-state index in [4.69, 9.17) is 26.2 Å². The van der Waals surface area contributed by atoms with Crippen molar-refractivity contribution in [3.63, 3.8) is 0 Å². The first kappa shape index (κ1) is 15.9. The molecule has 2 rings (SSSR count). The molecule has 1 aromatic carbocycles. The summed E-state index contributed by atoms with van der Waals surface area (Å²) in [6.45, 7) is 7.44. The maximum absolute atomic E-state index is 10.8. The molecular formula is C15H20ClNO4. The molecule has 0 atom stereocenters. The fourth-order valence-corrected chi connectivity index (χ4v) is 2.50. The van der Waals surface area contributed by atoms with Crippen LogP contribution in [0.15, 0.2) is 12.1 Å². The molecule has 0 spiro atoms. The van der Waals surface area contributed by atoms with Gasteiger partial charge in [0.05, 0.1) is 11.4 Å². The van der Waals surface area contributed by atoms with E-state index in [0.29, 0.717) is 29.6 Å². The van der Waals surface area contributed by atoms with E-state index >= 15 is 0 Å². The van der Waals surface area contributed by atoms with Gasteiger partial charge in [0.1, 0.15) is 0 Å². The van der Waals surface area contributed by atoms with Crippen molar-refractivity contribution in [2.45, 2.75) is 39.3 Å². The molecule has 5 nitrogen and oxygen atoms in total. The molecular weight excluding hydrogens is 294 g/mol. The van der Waals surface area contributed by atoms with Crippen LogP contribution in [0.2, 0.25) is 5.02 Å². The van der Waals surface area contributed by atoms with Crippen LogP contribution in [-0.2, 0) is 11.3 Å². The van der Waals surface area contributed by atoms with E-state index < -0.39 is 5.97 Å². The lowest BCUT2D eigenvalue weighted by atomic mass is 10.0. The Kier molecular flexibility index (Phi) is 4.64. The average Bonchev–Trinajstić information content (AvgIpc) is 2.81. The molecule has 1 aliphatic rings. The Bertz CT molecular complexity index is 539. The van der Waals surface area contributed by atoms with Crippen molar-refractivity contribution in [1.29, 1.82) is 0 Å². The SMILES string of the molecule is CC(C)(C)N(CCC(=O)O)Cc1cc(Cl)c2c(c1)OCO2. The Balaban J connectivity index is 2.16. The van der Waals surface area contributed by atoms with Crippen LogP contribution >= 0.6 is 11.6 Å². The lowest BCUT2D eigenvalue weighted by molar-refractivity contribution is -0.137. The Labute approximate surface area is 129 Å². The van der Waals surface area contributed by atoms with Crippen LogP contribution in [0.25, 0.3) is 0 Å². The fourth-order valence-electron chi connectivity index (χ4n) is 2.21. The van der Waals surface area contributed by atoms with Gasteiger partial charge in [-0.15, -0.1) is 0 Å². The average molecular weight is 314 g/mol. The second-order valence-corrected chi connectivity index (χ2v) is 6.45. The number of hydrogen-bond acceptors (Lipinski definition) is 4. The molecule has 116 valence electrons. The molecule has 0 aromatic heterocycles. The van der Waals surface area contributed by atoms with E-state index in [1.165, 1.54) is 0 Å². The highest BCUT2D eigenvalue weighted by Gasteiger charge is 2.24. The summed E-state index contributed by atoms with van der Waals surface area (Å²) in [4.78, 5) is 12.9. The van der Waals surface area contributed by atoms with Crippen molar-refractivity contribution in [2.24, 2.45) is 0 Å². The highest BCUT2D eigenvalue weighted by molar-refractivity contribution is 6.32. The molecule has 1 heterocycles. The van der Waals surface area contributed by atoms with Crippen LogP contribution < -0.4 is 9.47 Å². The number of halogens is 1. The standard InChI is InChI=1S/C15H20ClNO4/c1-15(2,3)17(5-4-13(18)19)8-10-6-11(16)14-12(7-10)20-9-21-14/h6-7H,4-5,8-9H2,1-3H3,(H,18,19). The lowest BCUT2D eigenvalue weighted by Gasteiger charge is -2.35. The number of ether oxygens (including phenoxy) is 2. The molecule has 1 aromatic rings. The number of carboxylic acid groups (broad SMARTS) is 1. The van der Waals surface area contributed by atoms with Gasteiger partial charge in [-0.25, -0.2) is 0 Å². The van der Waals surface area contributed by atoms with Crippen molar-refractivity contribution >= 4 is 17.6 Å². The zero-order valence-electron chi connectivity index (χ0n) is 12.5. The quantitative estimate of drug-likeness (QED) is 0.905. The first-order valence-corrected chi connectivity index (χ1v) is 7.20. The number of hydrogen-bond donors (Lipinski definition) is 1. The van der Waals surface area contributed by atoms with Crippen LogP contribution in [-0.4, -0.2) is 34.9 Å². The summed E-state index contributed by atoms with van der Waals surface area (Å²) in [6, 6.07) is 3.74. The molecule has 6 heteroatoms. The van der Waals surface area contributed by atoms with Gasteiger partial charge in [0.15, 0.2) is 11.5 Å². The molecule has 0 fully saturated rings. The zero-order valence-corrected chi connectivity index (χ0v) is 13.2. The molecule has 0 saturated carbocycles. The van der Waals surface area contributed by atoms with Gasteiger partial charge in [0.2, 0.25) is 6.79 Å². The second kappa shape index (κ2) is 6.12. The van der Waals surface area contributed by atoms with Gasteiger partial charge in [0.25, 0.3) is 0 Å². The summed E-state index contributed by atoms with van der Waals surface area (Å²) < 4.78 is 10.7. The number of carboxylic acids is 1. The van der Waals surface area contributed by atoms with Gasteiger partial charge in [-0.05, 0) is 38.5 Å². The van der Waals surface area contributed by atoms with Crippen LogP contribution in [0.3, 0.4) is 0 Å². The minimum Gasteiger partial charge on any atom is -0.481 e. The third kappa shape index (κ3) is 4.02. The fraction of sp³-hybridized carbons (Fsp3) is 0.533. The largest absolute Gasteiger partial charge is 0.481 e. The summed E-state index contributed by atoms with van der Waals surface area (Å²) in [5.41, 5.74) is 0.836. The number of fused-ring (bicyclic) bond motifs is 1. The highest BCUT2D eigenvalue weighted by Crippen LogP contribution is 2.40. The maximum Gasteiger partial charge on any atom is 0.304 e. The molecule has 0 bridgehead atoms. The molecule has 0 aliphatic carbocycles. The van der Waals surface area contributed by atoms with Crippen LogP contribution in [0.1, 0.15) is 32.8 Å². The Morgan fingerprint density at radius 1 is 1.38 bits per heavy atom. The summed E-state index contributed by atoms with van der Waals surface area (Å²) in [6.07, 6.45) is 0.107. The van der Waals surface area contributed by atoms with Crippen molar-refractivity contribution in [3.05, 3.63) is 22.7 Å². The second-order valence-electron chi connectivity index (χ2n) is 6.05. The zero-order chi connectivity index (χ0) is 15.6. The van der Waals surface area contributed by atoms with Crippen molar-refractivity contribution in [3.8, 4) is 11.5 Å². The van der Waals surface area contributed by atoms with E-state index in [1.807, 2.05) is 12.1 Å². The van der Waals surface area contributed by atoms with Gasteiger partial charge in [-0.3, -0.25) is 9.69 Å². The van der Waals surface area contributed by atoms with E-state index in [-0.39, 0.29) is 18.8 Å². The van der Waals surface area contributed by atoms with Crippen molar-refractivity contribution in [1.82, 2.24) is 4.90 Å². The number of rotatable bonds is 5.